The average Bonchev–Trinajstić information content (AvgIpc) is 2.30. The van der Waals surface area contributed by atoms with Gasteiger partial charge in [0.05, 0.1) is 0 Å². The van der Waals surface area contributed by atoms with Gasteiger partial charge >= 0.3 is 5.97 Å². The van der Waals surface area contributed by atoms with Gasteiger partial charge in [-0.2, -0.15) is 0 Å². The predicted molar refractivity (Wildman–Crippen MR) is 51.8 cm³/mol. The SMILES string of the molecule is CC1(C)CCCN1CCCC(=O)O. The Morgan fingerprint density at radius 3 is 2.69 bits per heavy atom. The van der Waals surface area contributed by atoms with Gasteiger partial charge in [0, 0.05) is 12.0 Å². The Morgan fingerprint density at radius 2 is 2.23 bits per heavy atom. The molecule has 0 unspecified atom stereocenters. The smallest absolute Gasteiger partial charge is 0.303 e. The van der Waals surface area contributed by atoms with Crippen LogP contribution in [0, 0.1) is 0 Å². The van der Waals surface area contributed by atoms with Gasteiger partial charge in [-0.25, -0.2) is 0 Å². The van der Waals surface area contributed by atoms with E-state index in [-0.39, 0.29) is 0 Å². The lowest BCUT2D eigenvalue weighted by atomic mass is 10.0. The second kappa shape index (κ2) is 4.09. The lowest BCUT2D eigenvalue weighted by Gasteiger charge is -2.31. The first-order chi connectivity index (χ1) is 6.02. The van der Waals surface area contributed by atoms with E-state index in [0.29, 0.717) is 12.0 Å². The van der Waals surface area contributed by atoms with Crippen LogP contribution in [0.15, 0.2) is 0 Å². The van der Waals surface area contributed by atoms with Gasteiger partial charge in [0.2, 0.25) is 0 Å². The molecule has 76 valence electrons. The van der Waals surface area contributed by atoms with E-state index in [1.54, 1.807) is 0 Å². The van der Waals surface area contributed by atoms with E-state index in [0.717, 1.165) is 19.5 Å². The minimum Gasteiger partial charge on any atom is -0.481 e. The molecule has 1 N–H and O–H groups in total. The third-order valence-electron chi connectivity index (χ3n) is 2.89. The first-order valence-corrected chi connectivity index (χ1v) is 4.99. The lowest BCUT2D eigenvalue weighted by Crippen LogP contribution is -2.38. The molecule has 1 aliphatic heterocycles. The van der Waals surface area contributed by atoms with Crippen LogP contribution in [0.2, 0.25) is 0 Å². The van der Waals surface area contributed by atoms with Crippen LogP contribution in [0.25, 0.3) is 0 Å². The molecular formula is C10H19NO2. The molecule has 0 bridgehead atoms. The summed E-state index contributed by atoms with van der Waals surface area (Å²) in [6.07, 6.45) is 3.56. The zero-order chi connectivity index (χ0) is 9.90. The summed E-state index contributed by atoms with van der Waals surface area (Å²) in [5.74, 6) is -0.683. The molecule has 0 radical (unpaired) electrons. The zero-order valence-corrected chi connectivity index (χ0v) is 8.55. The molecule has 1 heterocycles. The maximum atomic E-state index is 10.3. The Balaban J connectivity index is 2.25. The highest BCUT2D eigenvalue weighted by molar-refractivity contribution is 5.66. The van der Waals surface area contributed by atoms with Crippen LogP contribution < -0.4 is 0 Å². The van der Waals surface area contributed by atoms with Gasteiger partial charge in [-0.1, -0.05) is 0 Å². The van der Waals surface area contributed by atoms with Gasteiger partial charge < -0.3 is 5.11 Å². The molecule has 0 aromatic carbocycles. The molecule has 3 heteroatoms. The lowest BCUT2D eigenvalue weighted by molar-refractivity contribution is -0.137. The van der Waals surface area contributed by atoms with Gasteiger partial charge in [0.25, 0.3) is 0 Å². The highest BCUT2D eigenvalue weighted by atomic mass is 16.4. The minimum atomic E-state index is -0.683. The van der Waals surface area contributed by atoms with Crippen LogP contribution in [-0.4, -0.2) is 34.6 Å². The van der Waals surface area contributed by atoms with Crippen molar-refractivity contribution in [3.05, 3.63) is 0 Å². The van der Waals surface area contributed by atoms with Gasteiger partial charge in [-0.05, 0) is 46.2 Å². The first-order valence-electron chi connectivity index (χ1n) is 4.99. The number of nitrogens with zero attached hydrogens (tertiary/aromatic N) is 1. The maximum Gasteiger partial charge on any atom is 0.303 e. The number of aliphatic carboxylic acids is 1. The first kappa shape index (κ1) is 10.5. The van der Waals surface area contributed by atoms with Crippen molar-refractivity contribution >= 4 is 5.97 Å². The Labute approximate surface area is 79.7 Å². The Bertz CT molecular complexity index is 189. The van der Waals surface area contributed by atoms with Gasteiger partial charge in [-0.15, -0.1) is 0 Å². The summed E-state index contributed by atoms with van der Waals surface area (Å²) in [6.45, 7) is 6.54. The Kier molecular flexibility index (Phi) is 3.31. The fraction of sp³-hybridized carbons (Fsp3) is 0.900. The van der Waals surface area contributed by atoms with E-state index in [1.165, 1.54) is 12.8 Å². The molecule has 0 aromatic rings. The van der Waals surface area contributed by atoms with E-state index in [2.05, 4.69) is 18.7 Å². The molecule has 1 aliphatic rings. The predicted octanol–water partition coefficient (Wildman–Crippen LogP) is 1.73. The van der Waals surface area contributed by atoms with E-state index >= 15 is 0 Å². The van der Waals surface area contributed by atoms with Crippen LogP contribution >= 0.6 is 0 Å². The molecule has 1 fully saturated rings. The van der Waals surface area contributed by atoms with Crippen LogP contribution in [-0.2, 0) is 4.79 Å². The Hall–Kier alpha value is -0.570. The second-order valence-electron chi connectivity index (χ2n) is 4.40. The molecule has 13 heavy (non-hydrogen) atoms. The summed E-state index contributed by atoms with van der Waals surface area (Å²) in [7, 11) is 0. The van der Waals surface area contributed by atoms with Crippen molar-refractivity contribution in [3.63, 3.8) is 0 Å². The third-order valence-corrected chi connectivity index (χ3v) is 2.89. The molecule has 0 amide bonds. The molecule has 0 saturated carbocycles. The van der Waals surface area contributed by atoms with Gasteiger partial charge in [0.1, 0.15) is 0 Å². The molecule has 1 rings (SSSR count). The van der Waals surface area contributed by atoms with Crippen LogP contribution in [0.1, 0.15) is 39.5 Å². The molecular weight excluding hydrogens is 166 g/mol. The summed E-state index contributed by atoms with van der Waals surface area (Å²) in [4.78, 5) is 12.7. The van der Waals surface area contributed by atoms with Crippen molar-refractivity contribution < 1.29 is 9.90 Å². The number of hydrogen-bond acceptors (Lipinski definition) is 2. The van der Waals surface area contributed by atoms with Gasteiger partial charge in [0.15, 0.2) is 0 Å². The van der Waals surface area contributed by atoms with E-state index in [9.17, 15) is 4.79 Å². The largest absolute Gasteiger partial charge is 0.481 e. The topological polar surface area (TPSA) is 40.5 Å². The highest BCUT2D eigenvalue weighted by Gasteiger charge is 2.30. The summed E-state index contributed by atoms with van der Waals surface area (Å²) < 4.78 is 0. The minimum absolute atomic E-state index is 0.290. The Morgan fingerprint density at radius 1 is 1.54 bits per heavy atom. The third kappa shape index (κ3) is 2.99. The fourth-order valence-electron chi connectivity index (χ4n) is 2.00. The molecule has 1 saturated heterocycles. The van der Waals surface area contributed by atoms with Crippen molar-refractivity contribution in [1.29, 1.82) is 0 Å². The normalized spacial score (nSPS) is 22.0. The summed E-state index contributed by atoms with van der Waals surface area (Å²) in [5, 5.41) is 8.50. The number of hydrogen-bond donors (Lipinski definition) is 1. The number of carboxylic acid groups (broad SMARTS) is 1. The molecule has 3 nitrogen and oxygen atoms in total. The van der Waals surface area contributed by atoms with Crippen molar-refractivity contribution in [2.75, 3.05) is 13.1 Å². The molecule has 0 spiro atoms. The number of carboxylic acids is 1. The van der Waals surface area contributed by atoms with E-state index in [4.69, 9.17) is 5.11 Å². The maximum absolute atomic E-state index is 10.3. The molecule has 0 atom stereocenters. The monoisotopic (exact) mass is 185 g/mol. The average molecular weight is 185 g/mol. The zero-order valence-electron chi connectivity index (χ0n) is 8.55. The standard InChI is InChI=1S/C10H19NO2/c1-10(2)6-4-8-11(10)7-3-5-9(12)13/h3-8H2,1-2H3,(H,12,13). The second-order valence-corrected chi connectivity index (χ2v) is 4.40. The highest BCUT2D eigenvalue weighted by Crippen LogP contribution is 2.27. The quantitative estimate of drug-likeness (QED) is 0.725. The molecule has 0 aromatic heterocycles. The summed E-state index contributed by atoms with van der Waals surface area (Å²) >= 11 is 0. The van der Waals surface area contributed by atoms with Crippen LogP contribution in [0.5, 0.6) is 0 Å². The van der Waals surface area contributed by atoms with Gasteiger partial charge in [-0.3, -0.25) is 9.69 Å². The van der Waals surface area contributed by atoms with Crippen LogP contribution in [0.4, 0.5) is 0 Å². The van der Waals surface area contributed by atoms with Crippen molar-refractivity contribution in [2.45, 2.75) is 45.1 Å². The summed E-state index contributed by atoms with van der Waals surface area (Å²) in [6, 6.07) is 0. The molecule has 0 aliphatic carbocycles. The number of likely N-dealkylation sites (tertiary alicyclic amines) is 1. The van der Waals surface area contributed by atoms with Crippen molar-refractivity contribution in [2.24, 2.45) is 0 Å². The number of carbonyl (C=O) groups is 1. The van der Waals surface area contributed by atoms with Crippen molar-refractivity contribution in [3.8, 4) is 0 Å². The number of rotatable bonds is 4. The fourth-order valence-corrected chi connectivity index (χ4v) is 2.00. The summed E-state index contributed by atoms with van der Waals surface area (Å²) in [5.41, 5.74) is 0.290. The van der Waals surface area contributed by atoms with Crippen molar-refractivity contribution in [1.82, 2.24) is 4.90 Å². The van der Waals surface area contributed by atoms with Crippen LogP contribution in [0.3, 0.4) is 0 Å². The van der Waals surface area contributed by atoms with E-state index in [1.807, 2.05) is 0 Å². The van der Waals surface area contributed by atoms with E-state index < -0.39 is 5.97 Å².